The lowest BCUT2D eigenvalue weighted by molar-refractivity contribution is 0.0937. The van der Waals surface area contributed by atoms with Crippen LogP contribution < -0.4 is 15.5 Å². The molecule has 1 aliphatic heterocycles. The normalized spacial score (nSPS) is 19.1. The first kappa shape index (κ1) is 23.0. The molecular formula is C25H33N5O3. The predicted octanol–water partition coefficient (Wildman–Crippen LogP) is 4.48. The van der Waals surface area contributed by atoms with Crippen molar-refractivity contribution >= 4 is 23.8 Å². The Morgan fingerprint density at radius 3 is 2.52 bits per heavy atom. The molecule has 2 fully saturated rings. The molecule has 176 valence electrons. The minimum Gasteiger partial charge on any atom is -0.447 e. The number of rotatable bonds is 7. The van der Waals surface area contributed by atoms with Gasteiger partial charge in [0.25, 0.3) is 5.91 Å². The highest BCUT2D eigenvalue weighted by Crippen LogP contribution is 2.28. The molecule has 2 amide bonds. The van der Waals surface area contributed by atoms with E-state index in [1.165, 1.54) is 12.8 Å². The number of nitrogens with zero attached hydrogens (tertiary/aromatic N) is 3. The number of hydrogen-bond acceptors (Lipinski definition) is 6. The van der Waals surface area contributed by atoms with Crippen molar-refractivity contribution in [1.29, 1.82) is 0 Å². The van der Waals surface area contributed by atoms with Crippen LogP contribution in [-0.2, 0) is 10.3 Å². The Morgan fingerprint density at radius 1 is 1.15 bits per heavy atom. The van der Waals surface area contributed by atoms with E-state index in [4.69, 9.17) is 4.74 Å². The Balaban J connectivity index is 1.46. The summed E-state index contributed by atoms with van der Waals surface area (Å²) in [5, 5.41) is 6.49. The van der Waals surface area contributed by atoms with E-state index >= 15 is 0 Å². The first-order valence-electron chi connectivity index (χ1n) is 11.7. The highest BCUT2D eigenvalue weighted by atomic mass is 16.6. The van der Waals surface area contributed by atoms with E-state index in [2.05, 4.69) is 34.4 Å². The summed E-state index contributed by atoms with van der Waals surface area (Å²) in [6.45, 7) is 8.52. The first-order chi connectivity index (χ1) is 15.7. The fourth-order valence-electron chi connectivity index (χ4n) is 4.46. The van der Waals surface area contributed by atoms with Crippen LogP contribution in [0.1, 0.15) is 69.3 Å². The van der Waals surface area contributed by atoms with E-state index < -0.39 is 5.54 Å². The van der Waals surface area contributed by atoms with Crippen LogP contribution in [0.15, 0.2) is 36.5 Å². The smallest absolute Gasteiger partial charge is 0.415 e. The molecule has 2 aromatic rings. The van der Waals surface area contributed by atoms with Gasteiger partial charge in [-0.25, -0.2) is 9.78 Å². The molecule has 2 aliphatic rings. The quantitative estimate of drug-likeness (QED) is 0.644. The van der Waals surface area contributed by atoms with Crippen molar-refractivity contribution in [2.24, 2.45) is 5.92 Å². The fourth-order valence-corrected chi connectivity index (χ4v) is 4.46. The average molecular weight is 452 g/mol. The lowest BCUT2D eigenvalue weighted by atomic mass is 9.93. The number of anilines is 2. The van der Waals surface area contributed by atoms with Gasteiger partial charge >= 0.3 is 6.09 Å². The zero-order valence-corrected chi connectivity index (χ0v) is 19.8. The number of cyclic esters (lactones) is 1. The summed E-state index contributed by atoms with van der Waals surface area (Å²) in [7, 11) is 0. The molecule has 8 heteroatoms. The number of ether oxygens (including phenoxy) is 1. The zero-order valence-electron chi connectivity index (χ0n) is 19.8. The molecule has 33 heavy (non-hydrogen) atoms. The Morgan fingerprint density at radius 2 is 1.85 bits per heavy atom. The SMILES string of the molecule is CC(C)C1COC(=O)N1c1ccnc(NC(C)(C)c2ccc(C(=O)NC3CCCC3)cc2)n1. The zero-order chi connectivity index (χ0) is 23.6. The average Bonchev–Trinajstić information content (AvgIpc) is 3.43. The van der Waals surface area contributed by atoms with Crippen LogP contribution in [0.3, 0.4) is 0 Å². The monoisotopic (exact) mass is 451 g/mol. The number of aromatic nitrogens is 2. The molecular weight excluding hydrogens is 418 g/mol. The summed E-state index contributed by atoms with van der Waals surface area (Å²) in [5.74, 6) is 1.15. The lowest BCUT2D eigenvalue weighted by Gasteiger charge is -2.28. The third kappa shape index (κ3) is 5.10. The topological polar surface area (TPSA) is 96.5 Å². The summed E-state index contributed by atoms with van der Waals surface area (Å²) < 4.78 is 5.25. The number of benzene rings is 1. The lowest BCUT2D eigenvalue weighted by Crippen LogP contribution is -2.38. The van der Waals surface area contributed by atoms with Gasteiger partial charge < -0.3 is 15.4 Å². The van der Waals surface area contributed by atoms with Crippen LogP contribution >= 0.6 is 0 Å². The summed E-state index contributed by atoms with van der Waals surface area (Å²) >= 11 is 0. The van der Waals surface area contributed by atoms with Gasteiger partial charge in [0.15, 0.2) is 0 Å². The highest BCUT2D eigenvalue weighted by Gasteiger charge is 2.37. The summed E-state index contributed by atoms with van der Waals surface area (Å²) in [5.41, 5.74) is 1.16. The molecule has 1 aromatic heterocycles. The molecule has 1 saturated carbocycles. The largest absolute Gasteiger partial charge is 0.447 e. The Bertz CT molecular complexity index is 999. The fraction of sp³-hybridized carbons (Fsp3) is 0.520. The minimum atomic E-state index is -0.498. The molecule has 1 aliphatic carbocycles. The second-order valence-electron chi connectivity index (χ2n) is 9.78. The van der Waals surface area contributed by atoms with Crippen molar-refractivity contribution in [2.45, 2.75) is 71.0 Å². The second kappa shape index (κ2) is 9.37. The summed E-state index contributed by atoms with van der Waals surface area (Å²) in [4.78, 5) is 35.4. The molecule has 2 heterocycles. The van der Waals surface area contributed by atoms with Crippen molar-refractivity contribution in [3.63, 3.8) is 0 Å². The van der Waals surface area contributed by atoms with Crippen molar-refractivity contribution in [1.82, 2.24) is 15.3 Å². The molecule has 1 atom stereocenters. The van der Waals surface area contributed by atoms with Crippen LogP contribution in [0.5, 0.6) is 0 Å². The molecule has 1 saturated heterocycles. The van der Waals surface area contributed by atoms with Gasteiger partial charge in [-0.05, 0) is 56.4 Å². The van der Waals surface area contributed by atoms with Crippen LogP contribution in [-0.4, -0.2) is 40.7 Å². The third-order valence-electron chi connectivity index (χ3n) is 6.55. The maximum atomic E-state index is 12.5. The molecule has 2 N–H and O–H groups in total. The van der Waals surface area contributed by atoms with Gasteiger partial charge in [-0.15, -0.1) is 0 Å². The standard InChI is InChI=1S/C25H33N5O3/c1-16(2)20-15-33-24(32)30(20)21-13-14-26-23(28-21)29-25(3,4)18-11-9-17(10-12-18)22(31)27-19-7-5-6-8-19/h9-14,16,19-20H,5-8,15H2,1-4H3,(H,27,31)(H,26,28,29). The maximum Gasteiger partial charge on any atom is 0.415 e. The van der Waals surface area contributed by atoms with Crippen molar-refractivity contribution in [3.05, 3.63) is 47.7 Å². The first-order valence-corrected chi connectivity index (χ1v) is 11.7. The van der Waals surface area contributed by atoms with Gasteiger partial charge in [-0.3, -0.25) is 9.69 Å². The molecule has 0 spiro atoms. The summed E-state index contributed by atoms with van der Waals surface area (Å²) in [6, 6.07) is 9.57. The molecule has 8 nitrogen and oxygen atoms in total. The van der Waals surface area contributed by atoms with Crippen molar-refractivity contribution in [2.75, 3.05) is 16.8 Å². The van der Waals surface area contributed by atoms with Crippen molar-refractivity contribution in [3.8, 4) is 0 Å². The van der Waals surface area contributed by atoms with Crippen LogP contribution in [0.2, 0.25) is 0 Å². The number of nitrogens with one attached hydrogen (secondary N) is 2. The van der Waals surface area contributed by atoms with Gasteiger partial charge in [0, 0.05) is 17.8 Å². The molecule has 0 bridgehead atoms. The van der Waals surface area contributed by atoms with Crippen molar-refractivity contribution < 1.29 is 14.3 Å². The Labute approximate surface area is 195 Å². The van der Waals surface area contributed by atoms with Gasteiger partial charge in [-0.1, -0.05) is 38.8 Å². The van der Waals surface area contributed by atoms with Gasteiger partial charge in [-0.2, -0.15) is 4.98 Å². The molecule has 1 unspecified atom stereocenters. The van der Waals surface area contributed by atoms with E-state index in [1.807, 2.05) is 38.1 Å². The Hall–Kier alpha value is -3.16. The molecule has 0 radical (unpaired) electrons. The van der Waals surface area contributed by atoms with Crippen LogP contribution in [0, 0.1) is 5.92 Å². The molecule has 4 rings (SSSR count). The maximum absolute atomic E-state index is 12.5. The highest BCUT2D eigenvalue weighted by molar-refractivity contribution is 5.94. The molecule has 1 aromatic carbocycles. The van der Waals surface area contributed by atoms with Gasteiger partial charge in [0.1, 0.15) is 12.4 Å². The second-order valence-corrected chi connectivity index (χ2v) is 9.78. The van der Waals surface area contributed by atoms with Crippen LogP contribution in [0.25, 0.3) is 0 Å². The number of amides is 2. The number of hydrogen-bond donors (Lipinski definition) is 2. The predicted molar refractivity (Wildman–Crippen MR) is 127 cm³/mol. The minimum absolute atomic E-state index is 0.0209. The van der Waals surface area contributed by atoms with E-state index in [-0.39, 0.29) is 24.0 Å². The van der Waals surface area contributed by atoms with Gasteiger partial charge in [0.2, 0.25) is 5.95 Å². The van der Waals surface area contributed by atoms with E-state index in [1.54, 1.807) is 17.2 Å². The van der Waals surface area contributed by atoms with Gasteiger partial charge in [0.05, 0.1) is 11.6 Å². The van der Waals surface area contributed by atoms with Crippen LogP contribution in [0.4, 0.5) is 16.6 Å². The number of carbonyl (C=O) groups excluding carboxylic acids is 2. The number of carbonyl (C=O) groups is 2. The Kier molecular flexibility index (Phi) is 6.54. The third-order valence-corrected chi connectivity index (χ3v) is 6.55. The van der Waals surface area contributed by atoms with E-state index in [9.17, 15) is 9.59 Å². The van der Waals surface area contributed by atoms with E-state index in [0.29, 0.717) is 30.0 Å². The van der Waals surface area contributed by atoms with E-state index in [0.717, 1.165) is 18.4 Å². The summed E-state index contributed by atoms with van der Waals surface area (Å²) in [6.07, 6.45) is 5.75.